The molecule has 0 saturated carbocycles. The number of rotatable bonds is 3. The number of hydrogen-bond acceptors (Lipinski definition) is 3. The zero-order chi connectivity index (χ0) is 15.8. The SMILES string of the molecule is Cc1cc(F)cc(NS(=O)(=O)c2ccc(F)c(N)c2F)c1. The Morgan fingerprint density at radius 1 is 1.10 bits per heavy atom. The molecule has 0 aliphatic rings. The summed E-state index contributed by atoms with van der Waals surface area (Å²) in [4.78, 5) is -0.816. The second-order valence-corrected chi connectivity index (χ2v) is 6.05. The highest BCUT2D eigenvalue weighted by Gasteiger charge is 2.23. The smallest absolute Gasteiger partial charge is 0.264 e. The molecule has 0 unspecified atom stereocenters. The molecule has 0 saturated heterocycles. The quantitative estimate of drug-likeness (QED) is 0.855. The summed E-state index contributed by atoms with van der Waals surface area (Å²) in [5, 5.41) is 0. The van der Waals surface area contributed by atoms with Crippen molar-refractivity contribution in [2.24, 2.45) is 0 Å². The molecular weight excluding hydrogens is 305 g/mol. The van der Waals surface area contributed by atoms with Gasteiger partial charge >= 0.3 is 0 Å². The Labute approximate surface area is 119 Å². The van der Waals surface area contributed by atoms with E-state index >= 15 is 0 Å². The minimum Gasteiger partial charge on any atom is -0.394 e. The third kappa shape index (κ3) is 3.10. The van der Waals surface area contributed by atoms with E-state index in [1.165, 1.54) is 12.1 Å². The van der Waals surface area contributed by atoms with E-state index in [1.54, 1.807) is 6.92 Å². The van der Waals surface area contributed by atoms with Crippen molar-refractivity contribution >= 4 is 21.4 Å². The average molecular weight is 316 g/mol. The molecule has 0 aliphatic heterocycles. The molecule has 4 nitrogen and oxygen atoms in total. The molecule has 0 aromatic heterocycles. The van der Waals surface area contributed by atoms with Crippen molar-refractivity contribution in [3.63, 3.8) is 0 Å². The van der Waals surface area contributed by atoms with Gasteiger partial charge in [-0.1, -0.05) is 0 Å². The highest BCUT2D eigenvalue weighted by Crippen LogP contribution is 2.25. The van der Waals surface area contributed by atoms with Crippen LogP contribution in [0.25, 0.3) is 0 Å². The van der Waals surface area contributed by atoms with Gasteiger partial charge in [-0.15, -0.1) is 0 Å². The van der Waals surface area contributed by atoms with Gasteiger partial charge in [-0.05, 0) is 42.8 Å². The average Bonchev–Trinajstić information content (AvgIpc) is 2.33. The summed E-state index contributed by atoms with van der Waals surface area (Å²) in [5.74, 6) is -3.10. The van der Waals surface area contributed by atoms with Gasteiger partial charge in [-0.3, -0.25) is 4.72 Å². The lowest BCUT2D eigenvalue weighted by Gasteiger charge is -2.11. The van der Waals surface area contributed by atoms with Crippen LogP contribution in [0.15, 0.2) is 35.2 Å². The highest BCUT2D eigenvalue weighted by atomic mass is 32.2. The first-order valence-electron chi connectivity index (χ1n) is 5.74. The van der Waals surface area contributed by atoms with E-state index in [4.69, 9.17) is 5.73 Å². The van der Waals surface area contributed by atoms with Crippen LogP contribution in [0, 0.1) is 24.4 Å². The van der Waals surface area contributed by atoms with Crippen molar-refractivity contribution in [1.82, 2.24) is 0 Å². The van der Waals surface area contributed by atoms with E-state index in [0.717, 1.165) is 18.2 Å². The predicted molar refractivity (Wildman–Crippen MR) is 72.7 cm³/mol. The summed E-state index contributed by atoms with van der Waals surface area (Å²) in [6.45, 7) is 1.57. The van der Waals surface area contributed by atoms with Gasteiger partial charge in [0, 0.05) is 0 Å². The summed E-state index contributed by atoms with van der Waals surface area (Å²) in [7, 11) is -4.36. The van der Waals surface area contributed by atoms with E-state index in [1.807, 2.05) is 4.72 Å². The Hall–Kier alpha value is -2.22. The Bertz CT molecular complexity index is 787. The van der Waals surface area contributed by atoms with Crippen LogP contribution in [0.4, 0.5) is 24.5 Å². The molecule has 3 N–H and O–H groups in total. The first kappa shape index (κ1) is 15.2. The van der Waals surface area contributed by atoms with Gasteiger partial charge in [0.1, 0.15) is 22.2 Å². The van der Waals surface area contributed by atoms with Crippen LogP contribution in [0.3, 0.4) is 0 Å². The molecule has 21 heavy (non-hydrogen) atoms. The van der Waals surface area contributed by atoms with E-state index in [-0.39, 0.29) is 5.69 Å². The van der Waals surface area contributed by atoms with Crippen LogP contribution in [0.2, 0.25) is 0 Å². The second kappa shape index (κ2) is 5.28. The summed E-state index contributed by atoms with van der Waals surface area (Å²) >= 11 is 0. The standard InChI is InChI=1S/C13H11F3N2O2S/c1-7-4-8(14)6-9(5-7)18-21(19,20)11-3-2-10(15)13(17)12(11)16/h2-6,18H,17H2,1H3. The zero-order valence-electron chi connectivity index (χ0n) is 10.8. The van der Waals surface area contributed by atoms with Crippen molar-refractivity contribution in [3.8, 4) is 0 Å². The summed E-state index contributed by atoms with van der Waals surface area (Å²) in [6.07, 6.45) is 0. The van der Waals surface area contributed by atoms with Gasteiger partial charge in [0.15, 0.2) is 5.82 Å². The van der Waals surface area contributed by atoms with Crippen molar-refractivity contribution in [3.05, 3.63) is 53.3 Å². The zero-order valence-corrected chi connectivity index (χ0v) is 11.6. The first-order valence-corrected chi connectivity index (χ1v) is 7.22. The minimum absolute atomic E-state index is 0.0743. The fourth-order valence-electron chi connectivity index (χ4n) is 1.76. The Balaban J connectivity index is 2.46. The third-order valence-corrected chi connectivity index (χ3v) is 4.07. The van der Waals surface area contributed by atoms with Crippen molar-refractivity contribution < 1.29 is 21.6 Å². The minimum atomic E-state index is -4.36. The first-order chi connectivity index (χ1) is 9.70. The van der Waals surface area contributed by atoms with Crippen LogP contribution >= 0.6 is 0 Å². The molecule has 0 spiro atoms. The summed E-state index contributed by atoms with van der Waals surface area (Å²) < 4.78 is 66.2. The fraction of sp³-hybridized carbons (Fsp3) is 0.0769. The number of halogens is 3. The molecule has 0 amide bonds. The molecule has 2 aromatic rings. The molecule has 8 heteroatoms. The van der Waals surface area contributed by atoms with Gasteiger partial charge < -0.3 is 5.73 Å². The largest absolute Gasteiger partial charge is 0.394 e. The maximum absolute atomic E-state index is 13.8. The maximum Gasteiger partial charge on any atom is 0.264 e. The van der Waals surface area contributed by atoms with Gasteiger partial charge in [-0.25, -0.2) is 21.6 Å². The Morgan fingerprint density at radius 3 is 2.38 bits per heavy atom. The van der Waals surface area contributed by atoms with Gasteiger partial charge in [-0.2, -0.15) is 0 Å². The highest BCUT2D eigenvalue weighted by molar-refractivity contribution is 7.92. The number of nitrogens with two attached hydrogens (primary N) is 1. The topological polar surface area (TPSA) is 72.2 Å². The van der Waals surface area contributed by atoms with Gasteiger partial charge in [0.05, 0.1) is 5.69 Å². The number of sulfonamides is 1. The number of hydrogen-bond donors (Lipinski definition) is 2. The number of aryl methyl sites for hydroxylation is 1. The molecule has 0 heterocycles. The number of benzene rings is 2. The molecule has 0 aliphatic carbocycles. The number of nitrogens with one attached hydrogen (secondary N) is 1. The monoisotopic (exact) mass is 316 g/mol. The lowest BCUT2D eigenvalue weighted by molar-refractivity contribution is 0.557. The van der Waals surface area contributed by atoms with Gasteiger partial charge in [0.25, 0.3) is 10.0 Å². The van der Waals surface area contributed by atoms with E-state index in [0.29, 0.717) is 5.56 Å². The van der Waals surface area contributed by atoms with Crippen LogP contribution in [-0.4, -0.2) is 8.42 Å². The summed E-state index contributed by atoms with van der Waals surface area (Å²) in [6, 6.07) is 4.99. The molecule has 0 atom stereocenters. The van der Waals surface area contributed by atoms with Gasteiger partial charge in [0.2, 0.25) is 0 Å². The molecule has 112 valence electrons. The molecule has 0 fully saturated rings. The molecule has 2 rings (SSSR count). The lowest BCUT2D eigenvalue weighted by atomic mass is 10.2. The van der Waals surface area contributed by atoms with E-state index in [9.17, 15) is 21.6 Å². The van der Waals surface area contributed by atoms with Crippen molar-refractivity contribution in [1.29, 1.82) is 0 Å². The van der Waals surface area contributed by atoms with Crippen molar-refractivity contribution in [2.75, 3.05) is 10.5 Å². The number of nitrogen functional groups attached to an aromatic ring is 1. The maximum atomic E-state index is 13.8. The molecule has 0 bridgehead atoms. The van der Waals surface area contributed by atoms with Crippen LogP contribution in [0.1, 0.15) is 5.56 Å². The molecular formula is C13H11F3N2O2S. The van der Waals surface area contributed by atoms with Crippen LogP contribution < -0.4 is 10.5 Å². The fourth-order valence-corrected chi connectivity index (χ4v) is 2.89. The molecule has 0 radical (unpaired) electrons. The normalized spacial score (nSPS) is 11.4. The number of anilines is 2. The molecule has 2 aromatic carbocycles. The Morgan fingerprint density at radius 2 is 1.76 bits per heavy atom. The second-order valence-electron chi connectivity index (χ2n) is 4.40. The Kier molecular flexibility index (Phi) is 3.82. The summed E-state index contributed by atoms with van der Waals surface area (Å²) in [5.41, 5.74) is 4.63. The van der Waals surface area contributed by atoms with Crippen LogP contribution in [0.5, 0.6) is 0 Å². The third-order valence-electron chi connectivity index (χ3n) is 2.67. The van der Waals surface area contributed by atoms with Crippen LogP contribution in [-0.2, 0) is 10.0 Å². The lowest BCUT2D eigenvalue weighted by Crippen LogP contribution is -2.16. The predicted octanol–water partition coefficient (Wildman–Crippen LogP) is 2.80. The van der Waals surface area contributed by atoms with Crippen molar-refractivity contribution in [2.45, 2.75) is 11.8 Å². The van der Waals surface area contributed by atoms with E-state index in [2.05, 4.69) is 0 Å². The van der Waals surface area contributed by atoms with E-state index < -0.39 is 38.1 Å².